The Morgan fingerprint density at radius 3 is 2.88 bits per heavy atom. The zero-order chi connectivity index (χ0) is 12.1. The van der Waals surface area contributed by atoms with E-state index in [-0.39, 0.29) is 6.10 Å². The van der Waals surface area contributed by atoms with Gasteiger partial charge >= 0.3 is 0 Å². The lowest BCUT2D eigenvalue weighted by molar-refractivity contribution is 0.216. The summed E-state index contributed by atoms with van der Waals surface area (Å²) in [6.07, 6.45) is 4.96. The van der Waals surface area contributed by atoms with Gasteiger partial charge in [-0.1, -0.05) is 6.92 Å². The van der Waals surface area contributed by atoms with Crippen molar-refractivity contribution in [3.05, 3.63) is 18.5 Å². The van der Waals surface area contributed by atoms with Crippen LogP contribution in [-0.4, -0.2) is 37.3 Å². The molecule has 1 aromatic rings. The molecule has 4 nitrogen and oxygen atoms in total. The van der Waals surface area contributed by atoms with Gasteiger partial charge in [0.05, 0.1) is 24.2 Å². The molecule has 94 valence electrons. The van der Waals surface area contributed by atoms with E-state index in [0.717, 1.165) is 44.0 Å². The van der Waals surface area contributed by atoms with Crippen LogP contribution in [0.3, 0.4) is 0 Å². The Kier molecular flexibility index (Phi) is 4.20. The molecule has 1 aliphatic heterocycles. The number of piperazine rings is 1. The third kappa shape index (κ3) is 3.33. The quantitative estimate of drug-likeness (QED) is 0.861. The highest BCUT2D eigenvalue weighted by molar-refractivity contribution is 5.48. The average molecular weight is 235 g/mol. The van der Waals surface area contributed by atoms with Crippen LogP contribution in [0.2, 0.25) is 0 Å². The van der Waals surface area contributed by atoms with Crippen LogP contribution in [0.15, 0.2) is 18.5 Å². The molecule has 1 saturated heterocycles. The van der Waals surface area contributed by atoms with Crippen molar-refractivity contribution in [1.82, 2.24) is 10.3 Å². The summed E-state index contributed by atoms with van der Waals surface area (Å²) in [6.45, 7) is 8.35. The molecule has 0 radical (unpaired) electrons. The molecule has 0 saturated carbocycles. The van der Waals surface area contributed by atoms with Gasteiger partial charge in [-0.15, -0.1) is 0 Å². The van der Waals surface area contributed by atoms with Crippen LogP contribution in [0.4, 0.5) is 5.69 Å². The van der Waals surface area contributed by atoms with E-state index in [1.165, 1.54) is 0 Å². The summed E-state index contributed by atoms with van der Waals surface area (Å²) in [6, 6.07) is 2.09. The van der Waals surface area contributed by atoms with Gasteiger partial charge in [-0.3, -0.25) is 4.98 Å². The standard InChI is InChI=1S/C13H21N3O/c1-3-11(2)17-13-8-12(9-15-10-13)16-6-4-14-5-7-16/h8-11,14H,3-7H2,1-2H3. The summed E-state index contributed by atoms with van der Waals surface area (Å²) in [4.78, 5) is 6.60. The second-order valence-corrected chi connectivity index (χ2v) is 4.45. The first kappa shape index (κ1) is 12.2. The summed E-state index contributed by atoms with van der Waals surface area (Å²) in [7, 11) is 0. The van der Waals surface area contributed by atoms with E-state index in [1.54, 1.807) is 6.20 Å². The van der Waals surface area contributed by atoms with Crippen molar-refractivity contribution in [2.45, 2.75) is 26.4 Å². The summed E-state index contributed by atoms with van der Waals surface area (Å²) < 4.78 is 5.79. The van der Waals surface area contributed by atoms with Crippen LogP contribution in [0.5, 0.6) is 5.75 Å². The van der Waals surface area contributed by atoms with Crippen molar-refractivity contribution in [2.24, 2.45) is 0 Å². The minimum atomic E-state index is 0.245. The molecule has 17 heavy (non-hydrogen) atoms. The lowest BCUT2D eigenvalue weighted by Gasteiger charge is -2.29. The maximum absolute atomic E-state index is 5.79. The third-order valence-electron chi connectivity index (χ3n) is 3.09. The molecule has 0 spiro atoms. The number of aromatic nitrogens is 1. The van der Waals surface area contributed by atoms with Gasteiger partial charge in [0.15, 0.2) is 0 Å². The normalized spacial score (nSPS) is 17.9. The Hall–Kier alpha value is -1.29. The SMILES string of the molecule is CCC(C)Oc1cncc(N2CCNCC2)c1. The van der Waals surface area contributed by atoms with E-state index in [4.69, 9.17) is 4.74 Å². The Bertz CT molecular complexity index is 350. The fourth-order valence-electron chi connectivity index (χ4n) is 1.88. The minimum absolute atomic E-state index is 0.245. The molecule has 4 heteroatoms. The lowest BCUT2D eigenvalue weighted by atomic mass is 10.3. The second-order valence-electron chi connectivity index (χ2n) is 4.45. The predicted octanol–water partition coefficient (Wildman–Crippen LogP) is 1.67. The molecular formula is C13H21N3O. The molecule has 1 aromatic heterocycles. The number of hydrogen-bond acceptors (Lipinski definition) is 4. The molecule has 1 N–H and O–H groups in total. The van der Waals surface area contributed by atoms with Crippen LogP contribution in [0, 0.1) is 0 Å². The van der Waals surface area contributed by atoms with Crippen LogP contribution in [0.25, 0.3) is 0 Å². The maximum atomic E-state index is 5.79. The second kappa shape index (κ2) is 5.87. The van der Waals surface area contributed by atoms with Crippen LogP contribution in [0.1, 0.15) is 20.3 Å². The summed E-state index contributed by atoms with van der Waals surface area (Å²) in [5, 5.41) is 3.35. The number of anilines is 1. The number of nitrogens with zero attached hydrogens (tertiary/aromatic N) is 2. The maximum Gasteiger partial charge on any atom is 0.140 e. The fraction of sp³-hybridized carbons (Fsp3) is 0.615. The van der Waals surface area contributed by atoms with Crippen LogP contribution < -0.4 is 15.0 Å². The smallest absolute Gasteiger partial charge is 0.140 e. The fourth-order valence-corrected chi connectivity index (χ4v) is 1.88. The molecule has 0 aromatic carbocycles. The monoisotopic (exact) mass is 235 g/mol. The van der Waals surface area contributed by atoms with Crippen molar-refractivity contribution in [1.29, 1.82) is 0 Å². The van der Waals surface area contributed by atoms with Gasteiger partial charge in [0.2, 0.25) is 0 Å². The van der Waals surface area contributed by atoms with Gasteiger partial charge in [0.25, 0.3) is 0 Å². The zero-order valence-electron chi connectivity index (χ0n) is 10.6. The van der Waals surface area contributed by atoms with E-state index < -0.39 is 0 Å². The van der Waals surface area contributed by atoms with Crippen molar-refractivity contribution in [3.63, 3.8) is 0 Å². The largest absolute Gasteiger partial charge is 0.489 e. The predicted molar refractivity (Wildman–Crippen MR) is 69.7 cm³/mol. The molecule has 0 bridgehead atoms. The van der Waals surface area contributed by atoms with E-state index in [9.17, 15) is 0 Å². The van der Waals surface area contributed by atoms with Crippen molar-refractivity contribution >= 4 is 5.69 Å². The van der Waals surface area contributed by atoms with E-state index in [1.807, 2.05) is 6.20 Å². The molecule has 1 unspecified atom stereocenters. The molecule has 1 aliphatic rings. The Labute approximate surface area is 103 Å². The van der Waals surface area contributed by atoms with Gasteiger partial charge < -0.3 is 15.0 Å². The minimum Gasteiger partial charge on any atom is -0.489 e. The van der Waals surface area contributed by atoms with E-state index >= 15 is 0 Å². The Balaban J connectivity index is 2.05. The number of hydrogen-bond donors (Lipinski definition) is 1. The molecular weight excluding hydrogens is 214 g/mol. The summed E-state index contributed by atoms with van der Waals surface area (Å²) in [5.41, 5.74) is 1.16. The third-order valence-corrected chi connectivity index (χ3v) is 3.09. The molecule has 0 amide bonds. The highest BCUT2D eigenvalue weighted by atomic mass is 16.5. The van der Waals surface area contributed by atoms with Gasteiger partial charge in [-0.05, 0) is 13.3 Å². The van der Waals surface area contributed by atoms with Gasteiger partial charge in [0.1, 0.15) is 5.75 Å². The number of pyridine rings is 1. The topological polar surface area (TPSA) is 37.4 Å². The molecule has 2 rings (SSSR count). The highest BCUT2D eigenvalue weighted by Crippen LogP contribution is 2.21. The molecule has 2 heterocycles. The highest BCUT2D eigenvalue weighted by Gasteiger charge is 2.11. The Morgan fingerprint density at radius 2 is 2.18 bits per heavy atom. The van der Waals surface area contributed by atoms with Gasteiger partial charge in [-0.25, -0.2) is 0 Å². The first-order valence-corrected chi connectivity index (χ1v) is 6.37. The van der Waals surface area contributed by atoms with Crippen molar-refractivity contribution in [3.8, 4) is 5.75 Å². The van der Waals surface area contributed by atoms with Gasteiger partial charge in [0, 0.05) is 32.2 Å². The van der Waals surface area contributed by atoms with Gasteiger partial charge in [-0.2, -0.15) is 0 Å². The summed E-state index contributed by atoms with van der Waals surface area (Å²) >= 11 is 0. The number of nitrogens with one attached hydrogen (secondary N) is 1. The van der Waals surface area contributed by atoms with Crippen LogP contribution >= 0.6 is 0 Å². The van der Waals surface area contributed by atoms with Crippen molar-refractivity contribution < 1.29 is 4.74 Å². The van der Waals surface area contributed by atoms with Crippen LogP contribution in [-0.2, 0) is 0 Å². The number of rotatable bonds is 4. The van der Waals surface area contributed by atoms with Crippen molar-refractivity contribution in [2.75, 3.05) is 31.1 Å². The van der Waals surface area contributed by atoms with E-state index in [2.05, 4.69) is 35.1 Å². The molecule has 1 atom stereocenters. The molecule has 0 aliphatic carbocycles. The van der Waals surface area contributed by atoms with E-state index in [0.29, 0.717) is 0 Å². The lowest BCUT2D eigenvalue weighted by Crippen LogP contribution is -2.43. The zero-order valence-corrected chi connectivity index (χ0v) is 10.6. The molecule has 1 fully saturated rings. The summed E-state index contributed by atoms with van der Waals surface area (Å²) in [5.74, 6) is 0.871. The first-order chi connectivity index (χ1) is 8.29. The average Bonchev–Trinajstić information content (AvgIpc) is 2.40. The number of ether oxygens (including phenoxy) is 1. The first-order valence-electron chi connectivity index (χ1n) is 6.37. The Morgan fingerprint density at radius 1 is 1.41 bits per heavy atom.